The largest absolute Gasteiger partial charge is 0.396 e. The van der Waals surface area contributed by atoms with E-state index in [1.165, 1.54) is 0 Å². The molecule has 0 bridgehead atoms. The standard InChI is InChI=1S/C18H30N4O2/c1-3-15(9-14-23)19-18(24)20-16-7-5-6-8-17(16)22-12-10-21(4-2)11-13-22/h5-8,15,23H,3-4,9-14H2,1-2H3,(H2,19,20,24)/t15-/m0/s1. The quantitative estimate of drug-likeness (QED) is 0.714. The lowest BCUT2D eigenvalue weighted by atomic mass is 10.1. The van der Waals surface area contributed by atoms with Gasteiger partial charge in [-0.2, -0.15) is 0 Å². The molecule has 0 aliphatic carbocycles. The Morgan fingerprint density at radius 3 is 2.54 bits per heavy atom. The minimum atomic E-state index is -0.213. The summed E-state index contributed by atoms with van der Waals surface area (Å²) in [5, 5.41) is 14.9. The van der Waals surface area contributed by atoms with Crippen LogP contribution in [0, 0.1) is 0 Å². The van der Waals surface area contributed by atoms with Crippen LogP contribution < -0.4 is 15.5 Å². The fourth-order valence-corrected chi connectivity index (χ4v) is 3.04. The summed E-state index contributed by atoms with van der Waals surface area (Å²) < 4.78 is 0. The van der Waals surface area contributed by atoms with Gasteiger partial charge in [0.2, 0.25) is 0 Å². The summed E-state index contributed by atoms with van der Waals surface area (Å²) in [6, 6.07) is 7.72. The van der Waals surface area contributed by atoms with Crippen LogP contribution in [0.2, 0.25) is 0 Å². The zero-order chi connectivity index (χ0) is 17.4. The van der Waals surface area contributed by atoms with Crippen molar-refractivity contribution < 1.29 is 9.90 Å². The van der Waals surface area contributed by atoms with Crippen molar-refractivity contribution in [2.45, 2.75) is 32.7 Å². The maximum Gasteiger partial charge on any atom is 0.319 e. The molecular weight excluding hydrogens is 304 g/mol. The number of carbonyl (C=O) groups excluding carboxylic acids is 1. The third-order valence-electron chi connectivity index (χ3n) is 4.62. The van der Waals surface area contributed by atoms with Gasteiger partial charge in [-0.25, -0.2) is 4.79 Å². The molecule has 1 aromatic carbocycles. The lowest BCUT2D eigenvalue weighted by Crippen LogP contribution is -2.46. The maximum atomic E-state index is 12.3. The molecule has 1 fully saturated rings. The maximum absolute atomic E-state index is 12.3. The van der Waals surface area contributed by atoms with Crippen molar-refractivity contribution in [2.24, 2.45) is 0 Å². The Morgan fingerprint density at radius 1 is 1.21 bits per heavy atom. The molecule has 24 heavy (non-hydrogen) atoms. The number of aliphatic hydroxyl groups is 1. The monoisotopic (exact) mass is 334 g/mol. The Labute approximate surface area is 144 Å². The number of anilines is 2. The first-order chi connectivity index (χ1) is 11.7. The summed E-state index contributed by atoms with van der Waals surface area (Å²) >= 11 is 0. The van der Waals surface area contributed by atoms with Gasteiger partial charge in [-0.3, -0.25) is 0 Å². The lowest BCUT2D eigenvalue weighted by Gasteiger charge is -2.36. The van der Waals surface area contributed by atoms with Crippen molar-refractivity contribution in [3.63, 3.8) is 0 Å². The number of rotatable bonds is 7. The second-order valence-electron chi connectivity index (χ2n) is 6.15. The van der Waals surface area contributed by atoms with E-state index >= 15 is 0 Å². The molecule has 6 nitrogen and oxygen atoms in total. The van der Waals surface area contributed by atoms with E-state index in [0.717, 1.165) is 50.5 Å². The number of carbonyl (C=O) groups is 1. The third kappa shape index (κ3) is 5.11. The minimum Gasteiger partial charge on any atom is -0.396 e. The number of amides is 2. The van der Waals surface area contributed by atoms with Crippen LogP contribution in [0.5, 0.6) is 0 Å². The number of nitrogens with zero attached hydrogens (tertiary/aromatic N) is 2. The molecule has 0 radical (unpaired) electrons. The average molecular weight is 334 g/mol. The molecule has 3 N–H and O–H groups in total. The second kappa shape index (κ2) is 9.49. The Balaban J connectivity index is 1.99. The van der Waals surface area contributed by atoms with Gasteiger partial charge in [-0.1, -0.05) is 26.0 Å². The van der Waals surface area contributed by atoms with Crippen molar-refractivity contribution in [1.29, 1.82) is 0 Å². The van der Waals surface area contributed by atoms with Crippen LogP contribution in [0.25, 0.3) is 0 Å². The van der Waals surface area contributed by atoms with Crippen LogP contribution >= 0.6 is 0 Å². The predicted octanol–water partition coefficient (Wildman–Crippen LogP) is 2.11. The van der Waals surface area contributed by atoms with E-state index in [2.05, 4.69) is 33.4 Å². The molecule has 1 aromatic rings. The molecule has 1 aliphatic rings. The SMILES string of the molecule is CC[C@@H](CCO)NC(=O)Nc1ccccc1N1CCN(CC)CC1. The van der Waals surface area contributed by atoms with Gasteiger partial charge in [0, 0.05) is 38.8 Å². The zero-order valence-corrected chi connectivity index (χ0v) is 14.8. The zero-order valence-electron chi connectivity index (χ0n) is 14.8. The summed E-state index contributed by atoms with van der Waals surface area (Å²) in [6.07, 6.45) is 1.37. The molecule has 2 rings (SSSR count). The van der Waals surface area contributed by atoms with Crippen LogP contribution in [0.15, 0.2) is 24.3 Å². The molecule has 0 aromatic heterocycles. The van der Waals surface area contributed by atoms with Crippen molar-refractivity contribution in [1.82, 2.24) is 10.2 Å². The normalized spacial score (nSPS) is 16.7. The Bertz CT molecular complexity index is 515. The number of piperazine rings is 1. The Hall–Kier alpha value is -1.79. The number of hydrogen-bond acceptors (Lipinski definition) is 4. The fraction of sp³-hybridized carbons (Fsp3) is 0.611. The fourth-order valence-electron chi connectivity index (χ4n) is 3.04. The molecule has 1 saturated heterocycles. The summed E-state index contributed by atoms with van der Waals surface area (Å²) in [7, 11) is 0. The van der Waals surface area contributed by atoms with Gasteiger partial charge < -0.3 is 25.5 Å². The second-order valence-corrected chi connectivity index (χ2v) is 6.15. The van der Waals surface area contributed by atoms with E-state index in [1.807, 2.05) is 25.1 Å². The first-order valence-electron chi connectivity index (χ1n) is 8.92. The van der Waals surface area contributed by atoms with Crippen LogP contribution in [0.1, 0.15) is 26.7 Å². The molecule has 6 heteroatoms. The molecule has 0 saturated carbocycles. The molecule has 0 spiro atoms. The van der Waals surface area contributed by atoms with Gasteiger partial charge in [0.1, 0.15) is 0 Å². The van der Waals surface area contributed by atoms with Crippen molar-refractivity contribution in [3.8, 4) is 0 Å². The lowest BCUT2D eigenvalue weighted by molar-refractivity contribution is 0.237. The van der Waals surface area contributed by atoms with Crippen LogP contribution in [-0.4, -0.2) is 61.4 Å². The van der Waals surface area contributed by atoms with E-state index in [0.29, 0.717) is 6.42 Å². The Morgan fingerprint density at radius 2 is 1.92 bits per heavy atom. The number of likely N-dealkylation sites (N-methyl/N-ethyl adjacent to an activating group) is 1. The highest BCUT2D eigenvalue weighted by atomic mass is 16.3. The van der Waals surface area contributed by atoms with Crippen molar-refractivity contribution in [3.05, 3.63) is 24.3 Å². The number of urea groups is 1. The van der Waals surface area contributed by atoms with Gasteiger partial charge in [0.25, 0.3) is 0 Å². The van der Waals surface area contributed by atoms with Crippen molar-refractivity contribution in [2.75, 3.05) is 49.5 Å². The van der Waals surface area contributed by atoms with Gasteiger partial charge in [0.15, 0.2) is 0 Å². The number of benzene rings is 1. The summed E-state index contributed by atoms with van der Waals surface area (Å²) in [6.45, 7) is 9.38. The van der Waals surface area contributed by atoms with E-state index in [9.17, 15) is 4.79 Å². The summed E-state index contributed by atoms with van der Waals surface area (Å²) in [4.78, 5) is 17.0. The topological polar surface area (TPSA) is 67.8 Å². The first-order valence-corrected chi connectivity index (χ1v) is 8.92. The summed E-state index contributed by atoms with van der Waals surface area (Å²) in [5.41, 5.74) is 1.90. The van der Waals surface area contributed by atoms with Gasteiger partial charge in [0.05, 0.1) is 11.4 Å². The molecule has 1 atom stereocenters. The third-order valence-corrected chi connectivity index (χ3v) is 4.62. The first kappa shape index (κ1) is 18.5. The smallest absolute Gasteiger partial charge is 0.319 e. The number of hydrogen-bond donors (Lipinski definition) is 3. The molecule has 2 amide bonds. The molecule has 0 unspecified atom stereocenters. The molecular formula is C18H30N4O2. The van der Waals surface area contributed by atoms with Gasteiger partial charge in [-0.05, 0) is 31.5 Å². The molecule has 1 aliphatic heterocycles. The van der Waals surface area contributed by atoms with Crippen LogP contribution in [-0.2, 0) is 0 Å². The highest BCUT2D eigenvalue weighted by Crippen LogP contribution is 2.26. The van der Waals surface area contributed by atoms with Crippen LogP contribution in [0.4, 0.5) is 16.2 Å². The molecule has 134 valence electrons. The van der Waals surface area contributed by atoms with E-state index < -0.39 is 0 Å². The Kier molecular flexibility index (Phi) is 7.34. The minimum absolute atomic E-state index is 0.00439. The number of aliphatic hydroxyl groups excluding tert-OH is 1. The number of nitrogens with one attached hydrogen (secondary N) is 2. The van der Waals surface area contributed by atoms with Crippen molar-refractivity contribution >= 4 is 17.4 Å². The number of para-hydroxylation sites is 2. The average Bonchev–Trinajstić information content (AvgIpc) is 2.62. The molecule has 1 heterocycles. The van der Waals surface area contributed by atoms with Gasteiger partial charge >= 0.3 is 6.03 Å². The van der Waals surface area contributed by atoms with Gasteiger partial charge in [-0.15, -0.1) is 0 Å². The van der Waals surface area contributed by atoms with E-state index in [1.54, 1.807) is 0 Å². The highest BCUT2D eigenvalue weighted by molar-refractivity contribution is 5.93. The van der Waals surface area contributed by atoms with E-state index in [-0.39, 0.29) is 18.7 Å². The van der Waals surface area contributed by atoms with Crippen LogP contribution in [0.3, 0.4) is 0 Å². The predicted molar refractivity (Wildman–Crippen MR) is 98.7 cm³/mol. The highest BCUT2D eigenvalue weighted by Gasteiger charge is 2.19. The summed E-state index contributed by atoms with van der Waals surface area (Å²) in [5.74, 6) is 0. The van der Waals surface area contributed by atoms with E-state index in [4.69, 9.17) is 5.11 Å².